The Kier molecular flexibility index (Phi) is 12.1. The number of hydrogen-bond acceptors (Lipinski definition) is 4. The molecule has 0 aliphatic rings. The minimum atomic E-state index is 0. The molecule has 0 atom stereocenters. The fourth-order valence-electron chi connectivity index (χ4n) is 8.02. The van der Waals surface area contributed by atoms with Gasteiger partial charge < -0.3 is 13.9 Å². The van der Waals surface area contributed by atoms with E-state index < -0.39 is 0 Å². The molecule has 0 fully saturated rings. The fraction of sp³-hybridized carbons (Fsp3) is 0.127. The van der Waals surface area contributed by atoms with Gasteiger partial charge in [0.15, 0.2) is 0 Å². The van der Waals surface area contributed by atoms with Gasteiger partial charge in [-0.3, -0.25) is 4.98 Å². The fourth-order valence-corrected chi connectivity index (χ4v) is 8.02. The number of para-hydroxylation sites is 3. The first-order valence-electron chi connectivity index (χ1n) is 20.6. The van der Waals surface area contributed by atoms with Crippen LogP contribution >= 0.6 is 0 Å². The van der Waals surface area contributed by atoms with Crippen molar-refractivity contribution in [3.8, 4) is 39.3 Å². The third kappa shape index (κ3) is 8.17. The van der Waals surface area contributed by atoms with Gasteiger partial charge in [-0.05, 0) is 87.7 Å². The molecule has 10 aromatic rings. The molecular weight excluding hydrogens is 925 g/mol. The molecule has 0 aliphatic carbocycles. The molecule has 0 bridgehead atoms. The first-order chi connectivity index (χ1) is 29.4. The number of anilines is 2. The number of furan rings is 1. The Balaban J connectivity index is 0.000000291. The Bertz CT molecular complexity index is 2980. The number of nitrogens with zero attached hydrogens (tertiary/aromatic N) is 4. The first-order valence-corrected chi connectivity index (χ1v) is 20.6. The Morgan fingerprint density at radius 2 is 1.25 bits per heavy atom. The Labute approximate surface area is 371 Å². The van der Waals surface area contributed by atoms with Gasteiger partial charge in [-0.1, -0.05) is 135 Å². The molecule has 7 aromatic carbocycles. The molecule has 5 nitrogen and oxygen atoms in total. The van der Waals surface area contributed by atoms with Crippen LogP contribution in [0.15, 0.2) is 180 Å². The molecule has 0 amide bonds. The quantitative estimate of drug-likeness (QED) is 0.142. The summed E-state index contributed by atoms with van der Waals surface area (Å²) in [5, 5.41) is 2.15. The van der Waals surface area contributed by atoms with Gasteiger partial charge in [0.2, 0.25) is 0 Å². The van der Waals surface area contributed by atoms with Gasteiger partial charge in [-0.15, -0.1) is 24.3 Å². The van der Waals surface area contributed by atoms with Gasteiger partial charge in [0.25, 0.3) is 0 Å². The summed E-state index contributed by atoms with van der Waals surface area (Å²) in [5.41, 5.74) is 14.1. The molecule has 0 N–H and O–H groups in total. The van der Waals surface area contributed by atoms with E-state index in [0.717, 1.165) is 61.4 Å². The second-order valence-corrected chi connectivity index (χ2v) is 15.7. The van der Waals surface area contributed by atoms with Gasteiger partial charge in [-0.25, -0.2) is 4.98 Å². The van der Waals surface area contributed by atoms with Crippen LogP contribution in [-0.2, 0) is 20.1 Å². The molecule has 0 saturated heterocycles. The third-order valence-electron chi connectivity index (χ3n) is 11.1. The summed E-state index contributed by atoms with van der Waals surface area (Å²) in [5.74, 6) is 2.33. The van der Waals surface area contributed by atoms with Crippen molar-refractivity contribution in [1.29, 1.82) is 0 Å². The van der Waals surface area contributed by atoms with Crippen molar-refractivity contribution in [2.45, 2.75) is 39.5 Å². The van der Waals surface area contributed by atoms with Crippen LogP contribution in [-0.4, -0.2) is 21.6 Å². The van der Waals surface area contributed by atoms with Gasteiger partial charge in [0, 0.05) is 44.4 Å². The number of aromatic nitrogens is 3. The average Bonchev–Trinajstić information content (AvgIpc) is 3.88. The average molecular weight is 971 g/mol. The zero-order chi connectivity index (χ0) is 41.2. The summed E-state index contributed by atoms with van der Waals surface area (Å²) in [6.07, 6.45) is 1.79. The van der Waals surface area contributed by atoms with E-state index in [1.807, 2.05) is 66.5 Å². The number of benzene rings is 7. The van der Waals surface area contributed by atoms with Crippen LogP contribution in [0.5, 0.6) is 0 Å². The first kappa shape index (κ1) is 41.2. The summed E-state index contributed by atoms with van der Waals surface area (Å²) in [7, 11) is 1.98. The summed E-state index contributed by atoms with van der Waals surface area (Å²) < 4.78 is 9.10. The van der Waals surface area contributed by atoms with Crippen molar-refractivity contribution in [2.75, 3.05) is 11.9 Å². The third-order valence-corrected chi connectivity index (χ3v) is 11.1. The maximum atomic E-state index is 6.73. The van der Waals surface area contributed by atoms with Crippen molar-refractivity contribution in [2.24, 2.45) is 0 Å². The topological polar surface area (TPSA) is 47.1 Å². The normalized spacial score (nSPS) is 11.2. The van der Waals surface area contributed by atoms with Crippen LogP contribution in [0.3, 0.4) is 0 Å². The summed E-state index contributed by atoms with van der Waals surface area (Å²) >= 11 is 0. The summed E-state index contributed by atoms with van der Waals surface area (Å²) in [6.45, 7) is 9.14. The molecule has 3 aromatic heterocycles. The molecule has 0 aliphatic heterocycles. The van der Waals surface area contributed by atoms with E-state index in [0.29, 0.717) is 0 Å². The maximum absolute atomic E-state index is 6.73. The van der Waals surface area contributed by atoms with Crippen molar-refractivity contribution >= 4 is 44.5 Å². The van der Waals surface area contributed by atoms with Crippen LogP contribution in [0.2, 0.25) is 0 Å². The number of rotatable bonds is 8. The van der Waals surface area contributed by atoms with Gasteiger partial charge in [0.05, 0.1) is 22.4 Å². The van der Waals surface area contributed by atoms with Gasteiger partial charge in [0.1, 0.15) is 11.4 Å². The number of pyridine rings is 1. The van der Waals surface area contributed by atoms with E-state index >= 15 is 0 Å². The maximum Gasteiger partial charge on any atom is 0.130 e. The zero-order valence-electron chi connectivity index (χ0n) is 34.9. The van der Waals surface area contributed by atoms with Crippen molar-refractivity contribution in [1.82, 2.24) is 14.5 Å². The largest absolute Gasteiger partial charge is 0.501 e. The molecular formula is C55H46IrN4O-2. The number of fused-ring (bicyclic) bond motifs is 4. The van der Waals surface area contributed by atoms with Crippen LogP contribution in [0.4, 0.5) is 11.5 Å². The Hall–Kier alpha value is -6.59. The van der Waals surface area contributed by atoms with E-state index in [1.165, 1.54) is 33.5 Å². The molecule has 0 saturated carbocycles. The number of imidazole rings is 1. The second kappa shape index (κ2) is 17.9. The molecule has 0 spiro atoms. The van der Waals surface area contributed by atoms with Crippen LogP contribution in [0.1, 0.15) is 50.7 Å². The van der Waals surface area contributed by atoms with Crippen LogP contribution < -0.4 is 4.90 Å². The minimum Gasteiger partial charge on any atom is -0.501 e. The molecule has 10 rings (SSSR count). The van der Waals surface area contributed by atoms with Crippen molar-refractivity contribution in [3.63, 3.8) is 0 Å². The predicted octanol–water partition coefficient (Wildman–Crippen LogP) is 14.6. The molecule has 3 heterocycles. The van der Waals surface area contributed by atoms with Crippen molar-refractivity contribution < 1.29 is 24.5 Å². The molecule has 303 valence electrons. The van der Waals surface area contributed by atoms with Crippen LogP contribution in [0, 0.1) is 12.1 Å². The van der Waals surface area contributed by atoms with E-state index in [2.05, 4.69) is 165 Å². The summed E-state index contributed by atoms with van der Waals surface area (Å²) in [4.78, 5) is 11.6. The zero-order valence-corrected chi connectivity index (χ0v) is 37.3. The standard InChI is InChI=1S/C43H35N2O.C12H11N2.Ir/c1-27(2)36-24-32(30-16-9-6-10-17-30)25-37(28(3)4)41(36)45-39-21-12-11-20-38(39)44-43(45)35-19-13-18-34-33-23-22-31(26-40(33)46-42(34)35)29-14-7-5-8-15-29;1-14(11-7-3-2-4-8-11)12-9-5-6-10-13-12;/h5-18,20-28H,1-4H3;2-7,9-10H,1H3;/q2*-1;. The van der Waals surface area contributed by atoms with E-state index in [-0.39, 0.29) is 31.9 Å². The molecule has 6 heteroatoms. The molecule has 0 unspecified atom stereocenters. The molecule has 1 radical (unpaired) electrons. The SMILES string of the molecule is CC(C)c1cc(-c2ccccc2)cc(C(C)C)c1-n1c(-c2[c-]ccc3c2oc2cc(-c4ccccc4)ccc23)nc2ccccc21.CN(c1[c-]cccc1)c1ccccn1.[Ir]. The predicted molar refractivity (Wildman–Crippen MR) is 249 cm³/mol. The smallest absolute Gasteiger partial charge is 0.130 e. The van der Waals surface area contributed by atoms with E-state index in [9.17, 15) is 0 Å². The molecule has 61 heavy (non-hydrogen) atoms. The monoisotopic (exact) mass is 971 g/mol. The van der Waals surface area contributed by atoms with E-state index in [4.69, 9.17) is 9.40 Å². The Morgan fingerprint density at radius 1 is 0.590 bits per heavy atom. The van der Waals surface area contributed by atoms with Gasteiger partial charge in [-0.2, -0.15) is 24.3 Å². The summed E-state index contributed by atoms with van der Waals surface area (Å²) in [6, 6.07) is 65.3. The van der Waals surface area contributed by atoms with Crippen LogP contribution in [0.25, 0.3) is 72.3 Å². The minimum absolute atomic E-state index is 0. The number of hydrogen-bond donors (Lipinski definition) is 0. The Morgan fingerprint density at radius 3 is 1.90 bits per heavy atom. The van der Waals surface area contributed by atoms with E-state index in [1.54, 1.807) is 6.20 Å². The second-order valence-electron chi connectivity index (χ2n) is 15.7. The van der Waals surface area contributed by atoms with Gasteiger partial charge >= 0.3 is 0 Å². The van der Waals surface area contributed by atoms with Crippen molar-refractivity contribution in [3.05, 3.63) is 199 Å².